The molecule has 1 aromatic carbocycles. The van der Waals surface area contributed by atoms with Crippen molar-refractivity contribution in [3.05, 3.63) is 29.3 Å². The van der Waals surface area contributed by atoms with E-state index in [1.165, 1.54) is 0 Å². The third kappa shape index (κ3) is 2.66. The average molecular weight is 303 g/mol. The van der Waals surface area contributed by atoms with E-state index >= 15 is 0 Å². The Bertz CT molecular complexity index is 611. The number of amides is 1. The van der Waals surface area contributed by atoms with E-state index in [0.29, 0.717) is 18.2 Å². The van der Waals surface area contributed by atoms with Crippen molar-refractivity contribution in [1.29, 1.82) is 0 Å². The minimum absolute atomic E-state index is 0.174. The van der Waals surface area contributed by atoms with Gasteiger partial charge in [0.05, 0.1) is 12.1 Å². The van der Waals surface area contributed by atoms with Crippen LogP contribution in [0.1, 0.15) is 15.9 Å². The molecule has 2 aliphatic heterocycles. The Kier molecular flexibility index (Phi) is 3.78. The van der Waals surface area contributed by atoms with Crippen LogP contribution in [-0.2, 0) is 4.79 Å². The molecule has 6 heteroatoms. The lowest BCUT2D eigenvalue weighted by Gasteiger charge is -2.48. The number of aryl methyl sites for hydroxylation is 1. The number of carbonyl (C=O) groups is 2. The summed E-state index contributed by atoms with van der Waals surface area (Å²) in [5, 5.41) is 9.20. The summed E-state index contributed by atoms with van der Waals surface area (Å²) in [4.78, 5) is 29.1. The highest BCUT2D eigenvalue weighted by atomic mass is 16.4. The van der Waals surface area contributed by atoms with Gasteiger partial charge in [-0.05, 0) is 24.6 Å². The molecule has 1 N–H and O–H groups in total. The van der Waals surface area contributed by atoms with Gasteiger partial charge in [0, 0.05) is 45.0 Å². The standard InChI is InChI=1S/C16H21N3O3/c1-11-3-4-12(7-14(11)16(21)22)19-8-13(9-19)18-6-5-17(2)15(20)10-18/h3-4,7,13H,5-6,8-10H2,1-2H3,(H,21,22). The molecule has 0 bridgehead atoms. The van der Waals surface area contributed by atoms with E-state index in [1.54, 1.807) is 11.0 Å². The Morgan fingerprint density at radius 1 is 1.27 bits per heavy atom. The van der Waals surface area contributed by atoms with Gasteiger partial charge >= 0.3 is 5.97 Å². The molecular weight excluding hydrogens is 282 g/mol. The van der Waals surface area contributed by atoms with Crippen LogP contribution >= 0.6 is 0 Å². The van der Waals surface area contributed by atoms with Gasteiger partial charge in [0.15, 0.2) is 0 Å². The quantitative estimate of drug-likeness (QED) is 0.888. The molecule has 2 aliphatic rings. The second-order valence-electron chi connectivity index (χ2n) is 6.15. The molecule has 2 saturated heterocycles. The fourth-order valence-corrected chi connectivity index (χ4v) is 3.02. The van der Waals surface area contributed by atoms with Crippen LogP contribution < -0.4 is 4.90 Å². The largest absolute Gasteiger partial charge is 0.478 e. The fraction of sp³-hybridized carbons (Fsp3) is 0.500. The molecule has 0 aliphatic carbocycles. The minimum atomic E-state index is -0.888. The van der Waals surface area contributed by atoms with Crippen molar-refractivity contribution in [2.24, 2.45) is 0 Å². The van der Waals surface area contributed by atoms with Crippen molar-refractivity contribution >= 4 is 17.6 Å². The van der Waals surface area contributed by atoms with Crippen LogP contribution in [0.4, 0.5) is 5.69 Å². The first kappa shape index (κ1) is 14.8. The topological polar surface area (TPSA) is 64.1 Å². The smallest absolute Gasteiger partial charge is 0.336 e. The zero-order valence-corrected chi connectivity index (χ0v) is 13.0. The van der Waals surface area contributed by atoms with Crippen molar-refractivity contribution in [3.63, 3.8) is 0 Å². The van der Waals surface area contributed by atoms with Crippen LogP contribution in [0.5, 0.6) is 0 Å². The number of carboxylic acid groups (broad SMARTS) is 1. The second-order valence-corrected chi connectivity index (χ2v) is 6.15. The van der Waals surface area contributed by atoms with E-state index < -0.39 is 5.97 Å². The Morgan fingerprint density at radius 3 is 2.64 bits per heavy atom. The Labute approximate surface area is 129 Å². The monoisotopic (exact) mass is 303 g/mol. The third-order valence-electron chi connectivity index (χ3n) is 4.68. The van der Waals surface area contributed by atoms with Gasteiger partial charge in [0.1, 0.15) is 0 Å². The van der Waals surface area contributed by atoms with E-state index in [4.69, 9.17) is 0 Å². The van der Waals surface area contributed by atoms with Gasteiger partial charge in [0.25, 0.3) is 0 Å². The van der Waals surface area contributed by atoms with E-state index in [1.807, 2.05) is 26.1 Å². The molecule has 0 atom stereocenters. The van der Waals surface area contributed by atoms with Gasteiger partial charge in [-0.2, -0.15) is 0 Å². The Hall–Kier alpha value is -2.08. The predicted octanol–water partition coefficient (Wildman–Crippen LogP) is 0.656. The molecule has 3 rings (SSSR count). The van der Waals surface area contributed by atoms with Gasteiger partial charge in [-0.15, -0.1) is 0 Å². The number of hydrogen-bond acceptors (Lipinski definition) is 4. The summed E-state index contributed by atoms with van der Waals surface area (Å²) in [5.74, 6) is -0.714. The third-order valence-corrected chi connectivity index (χ3v) is 4.68. The molecule has 0 radical (unpaired) electrons. The van der Waals surface area contributed by atoms with Gasteiger partial charge in [-0.25, -0.2) is 4.79 Å². The summed E-state index contributed by atoms with van der Waals surface area (Å²) in [6.45, 7) is 5.68. The van der Waals surface area contributed by atoms with E-state index in [9.17, 15) is 14.7 Å². The highest BCUT2D eigenvalue weighted by Gasteiger charge is 2.35. The van der Waals surface area contributed by atoms with E-state index in [0.717, 1.165) is 37.4 Å². The lowest BCUT2D eigenvalue weighted by atomic mass is 10.0. The van der Waals surface area contributed by atoms with Crippen molar-refractivity contribution in [3.8, 4) is 0 Å². The molecule has 0 aromatic heterocycles. The second kappa shape index (κ2) is 5.61. The number of nitrogens with zero attached hydrogens (tertiary/aromatic N) is 3. The van der Waals surface area contributed by atoms with Gasteiger partial charge < -0.3 is 14.9 Å². The maximum Gasteiger partial charge on any atom is 0.336 e. The van der Waals surface area contributed by atoms with Gasteiger partial charge in [0.2, 0.25) is 5.91 Å². The van der Waals surface area contributed by atoms with Gasteiger partial charge in [-0.1, -0.05) is 6.07 Å². The summed E-state index contributed by atoms with van der Waals surface area (Å²) < 4.78 is 0. The molecule has 22 heavy (non-hydrogen) atoms. The van der Waals surface area contributed by atoms with Crippen molar-refractivity contribution in [1.82, 2.24) is 9.80 Å². The van der Waals surface area contributed by atoms with Crippen molar-refractivity contribution < 1.29 is 14.7 Å². The minimum Gasteiger partial charge on any atom is -0.478 e. The Balaban J connectivity index is 1.63. The van der Waals surface area contributed by atoms with Crippen LogP contribution in [-0.4, -0.2) is 72.6 Å². The van der Waals surface area contributed by atoms with Crippen LogP contribution in [0.3, 0.4) is 0 Å². The molecule has 0 unspecified atom stereocenters. The number of hydrogen-bond donors (Lipinski definition) is 1. The predicted molar refractivity (Wildman–Crippen MR) is 83.3 cm³/mol. The first-order valence-corrected chi connectivity index (χ1v) is 7.52. The Morgan fingerprint density at radius 2 is 2.00 bits per heavy atom. The number of likely N-dealkylation sites (N-methyl/N-ethyl adjacent to an activating group) is 1. The summed E-state index contributed by atoms with van der Waals surface area (Å²) in [6.07, 6.45) is 0. The number of anilines is 1. The lowest BCUT2D eigenvalue weighted by Crippen LogP contribution is -2.64. The number of carboxylic acids is 1. The van der Waals surface area contributed by atoms with E-state index in [-0.39, 0.29) is 5.91 Å². The molecule has 2 heterocycles. The summed E-state index contributed by atoms with van der Waals surface area (Å²) in [7, 11) is 1.84. The van der Waals surface area contributed by atoms with Crippen molar-refractivity contribution in [2.75, 3.05) is 44.7 Å². The van der Waals surface area contributed by atoms with Crippen molar-refractivity contribution in [2.45, 2.75) is 13.0 Å². The zero-order chi connectivity index (χ0) is 15.9. The highest BCUT2D eigenvalue weighted by molar-refractivity contribution is 5.90. The summed E-state index contributed by atoms with van der Waals surface area (Å²) in [6, 6.07) is 5.94. The SMILES string of the molecule is Cc1ccc(N2CC(N3CCN(C)C(=O)C3)C2)cc1C(=O)O. The van der Waals surface area contributed by atoms with Crippen LogP contribution in [0.2, 0.25) is 0 Å². The van der Waals surface area contributed by atoms with Gasteiger partial charge in [-0.3, -0.25) is 9.69 Å². The number of piperazine rings is 1. The molecule has 1 aromatic rings. The average Bonchev–Trinajstić information content (AvgIpc) is 2.42. The number of benzene rings is 1. The number of aromatic carboxylic acids is 1. The van der Waals surface area contributed by atoms with Crippen LogP contribution in [0.15, 0.2) is 18.2 Å². The van der Waals surface area contributed by atoms with E-state index in [2.05, 4.69) is 9.80 Å². The molecule has 1 amide bonds. The maximum absolute atomic E-state index is 11.8. The maximum atomic E-state index is 11.8. The highest BCUT2D eigenvalue weighted by Crippen LogP contribution is 2.26. The molecule has 6 nitrogen and oxygen atoms in total. The molecule has 0 spiro atoms. The van der Waals surface area contributed by atoms with Crippen LogP contribution in [0, 0.1) is 6.92 Å². The molecule has 118 valence electrons. The first-order chi connectivity index (χ1) is 10.5. The molecule has 0 saturated carbocycles. The normalized spacial score (nSPS) is 20.2. The summed E-state index contributed by atoms with van der Waals surface area (Å²) >= 11 is 0. The first-order valence-electron chi connectivity index (χ1n) is 7.52. The molecule has 2 fully saturated rings. The fourth-order valence-electron chi connectivity index (χ4n) is 3.02. The zero-order valence-electron chi connectivity index (χ0n) is 13.0. The number of rotatable bonds is 3. The molecular formula is C16H21N3O3. The lowest BCUT2D eigenvalue weighted by molar-refractivity contribution is -0.135. The number of carbonyl (C=O) groups excluding carboxylic acids is 1. The van der Waals surface area contributed by atoms with Crippen LogP contribution in [0.25, 0.3) is 0 Å². The summed E-state index contributed by atoms with van der Waals surface area (Å²) in [5.41, 5.74) is 2.08.